The Bertz CT molecular complexity index is 945. The van der Waals surface area contributed by atoms with Crippen molar-refractivity contribution >= 4 is 23.9 Å². The van der Waals surface area contributed by atoms with Crippen molar-refractivity contribution < 1.29 is 38.5 Å². The van der Waals surface area contributed by atoms with Gasteiger partial charge in [-0.25, -0.2) is 0 Å². The summed E-state index contributed by atoms with van der Waals surface area (Å²) in [5.41, 5.74) is 6.51. The van der Waals surface area contributed by atoms with Crippen LogP contribution in [-0.4, -0.2) is 41.1 Å². The Morgan fingerprint density at radius 1 is 0.868 bits per heavy atom. The summed E-state index contributed by atoms with van der Waals surface area (Å²) in [7, 11) is 0. The number of carboxylic acids is 1. The molecule has 0 amide bonds. The predicted octanol–water partition coefficient (Wildman–Crippen LogP) is 5.23. The van der Waals surface area contributed by atoms with Crippen molar-refractivity contribution in [3.8, 4) is 11.5 Å². The van der Waals surface area contributed by atoms with Gasteiger partial charge in [-0.3, -0.25) is 19.2 Å². The molecule has 0 heterocycles. The minimum atomic E-state index is -1.32. The van der Waals surface area contributed by atoms with Crippen molar-refractivity contribution in [1.82, 2.24) is 0 Å². The Labute approximate surface area is 226 Å². The van der Waals surface area contributed by atoms with Crippen molar-refractivity contribution in [2.24, 2.45) is 23.5 Å². The molecule has 0 radical (unpaired) electrons. The molecule has 0 saturated carbocycles. The van der Waals surface area contributed by atoms with Gasteiger partial charge in [0.1, 0.15) is 6.04 Å². The van der Waals surface area contributed by atoms with Gasteiger partial charge >= 0.3 is 23.9 Å². The normalized spacial score (nSPS) is 15.2. The topological polar surface area (TPSA) is 142 Å². The second-order valence-electron chi connectivity index (χ2n) is 10.5. The number of benzene rings is 1. The van der Waals surface area contributed by atoms with Crippen molar-refractivity contribution in [3.63, 3.8) is 0 Å². The fraction of sp³-hybridized carbons (Fsp3) is 0.655. The first kappa shape index (κ1) is 33.1. The zero-order chi connectivity index (χ0) is 29.0. The molecule has 9 nitrogen and oxygen atoms in total. The van der Waals surface area contributed by atoms with Crippen LogP contribution in [-0.2, 0) is 23.9 Å². The highest BCUT2D eigenvalue weighted by atomic mass is 16.6. The third kappa shape index (κ3) is 10.8. The molecule has 0 bridgehead atoms. The summed E-state index contributed by atoms with van der Waals surface area (Å²) >= 11 is 0. The second-order valence-corrected chi connectivity index (χ2v) is 10.5. The monoisotopic (exact) mass is 535 g/mol. The van der Waals surface area contributed by atoms with Gasteiger partial charge in [-0.2, -0.15) is 0 Å². The smallest absolute Gasteiger partial charge is 0.321 e. The van der Waals surface area contributed by atoms with E-state index in [1.54, 1.807) is 26.8 Å². The number of nitrogens with two attached hydrogens (primary N) is 1. The van der Waals surface area contributed by atoms with E-state index in [-0.39, 0.29) is 48.1 Å². The van der Waals surface area contributed by atoms with Crippen LogP contribution in [0.15, 0.2) is 18.2 Å². The summed E-state index contributed by atoms with van der Waals surface area (Å²) in [5, 5.41) is 9.67. The lowest BCUT2D eigenvalue weighted by atomic mass is 9.87. The summed E-state index contributed by atoms with van der Waals surface area (Å²) in [4.78, 5) is 49.4. The quantitative estimate of drug-likeness (QED) is 0.215. The molecule has 38 heavy (non-hydrogen) atoms. The van der Waals surface area contributed by atoms with Crippen LogP contribution in [0.25, 0.3) is 0 Å². The first-order valence-corrected chi connectivity index (χ1v) is 13.6. The fourth-order valence-corrected chi connectivity index (χ4v) is 4.11. The Morgan fingerprint density at radius 3 is 1.87 bits per heavy atom. The number of carbonyl (C=O) groups excluding carboxylic acids is 3. The molecule has 0 fully saturated rings. The molecule has 0 aromatic heterocycles. The minimum Gasteiger partial charge on any atom is -0.480 e. The minimum absolute atomic E-state index is 0.0135. The van der Waals surface area contributed by atoms with E-state index in [2.05, 4.69) is 0 Å². The van der Waals surface area contributed by atoms with E-state index in [0.29, 0.717) is 18.4 Å². The Hall–Kier alpha value is -2.94. The first-order valence-electron chi connectivity index (χ1n) is 13.6. The van der Waals surface area contributed by atoms with Crippen LogP contribution in [0.5, 0.6) is 11.5 Å². The molecule has 9 heteroatoms. The average molecular weight is 536 g/mol. The molecule has 0 aliphatic rings. The van der Waals surface area contributed by atoms with Crippen LogP contribution in [0.4, 0.5) is 0 Å². The van der Waals surface area contributed by atoms with E-state index in [4.69, 9.17) is 19.9 Å². The van der Waals surface area contributed by atoms with Gasteiger partial charge in [-0.1, -0.05) is 60.5 Å². The third-order valence-corrected chi connectivity index (χ3v) is 6.28. The summed E-state index contributed by atoms with van der Waals surface area (Å²) in [6.07, 6.45) is 2.61. The maximum absolute atomic E-state index is 12.7. The highest BCUT2D eigenvalue weighted by Gasteiger charge is 2.30. The largest absolute Gasteiger partial charge is 0.480 e. The third-order valence-electron chi connectivity index (χ3n) is 6.28. The zero-order valence-electron chi connectivity index (χ0n) is 23.8. The van der Waals surface area contributed by atoms with Crippen molar-refractivity contribution in [1.29, 1.82) is 0 Å². The molecule has 214 valence electrons. The van der Waals surface area contributed by atoms with Gasteiger partial charge in [0.25, 0.3) is 0 Å². The van der Waals surface area contributed by atoms with Crippen LogP contribution in [0.2, 0.25) is 0 Å². The number of hydrogen-bond donors (Lipinski definition) is 2. The number of carbonyl (C=O) groups is 4. The van der Waals surface area contributed by atoms with Crippen LogP contribution < -0.4 is 15.2 Å². The van der Waals surface area contributed by atoms with Gasteiger partial charge in [0.05, 0.1) is 17.9 Å². The lowest BCUT2D eigenvalue weighted by Crippen LogP contribution is -2.38. The second kappa shape index (κ2) is 16.1. The highest BCUT2D eigenvalue weighted by molar-refractivity contribution is 5.79. The van der Waals surface area contributed by atoms with E-state index in [0.717, 1.165) is 12.8 Å². The maximum atomic E-state index is 12.7. The van der Waals surface area contributed by atoms with Crippen molar-refractivity contribution in [2.75, 3.05) is 0 Å². The lowest BCUT2D eigenvalue weighted by Gasteiger charge is -2.26. The van der Waals surface area contributed by atoms with Gasteiger partial charge in [0.15, 0.2) is 11.5 Å². The van der Waals surface area contributed by atoms with Gasteiger partial charge in [0, 0.05) is 12.3 Å². The van der Waals surface area contributed by atoms with Crippen molar-refractivity contribution in [3.05, 3.63) is 23.8 Å². The van der Waals surface area contributed by atoms with Gasteiger partial charge in [0.2, 0.25) is 0 Å². The SMILES string of the molecule is CCCC(C)C(=O)Oc1ccc(C(CC(C)OC(=O)CC(C)C)[C@H](N)C(=O)O)cc1OC(=O)C(C)CCC. The summed E-state index contributed by atoms with van der Waals surface area (Å²) in [6, 6.07) is 3.24. The summed E-state index contributed by atoms with van der Waals surface area (Å²) < 4.78 is 16.7. The molecule has 1 aromatic carbocycles. The van der Waals surface area contributed by atoms with E-state index in [1.165, 1.54) is 12.1 Å². The van der Waals surface area contributed by atoms with E-state index >= 15 is 0 Å². The number of esters is 3. The molecular weight excluding hydrogens is 490 g/mol. The van der Waals surface area contributed by atoms with Gasteiger partial charge in [-0.05, 0) is 49.8 Å². The maximum Gasteiger partial charge on any atom is 0.321 e. The molecule has 4 unspecified atom stereocenters. The lowest BCUT2D eigenvalue weighted by molar-refractivity contribution is -0.149. The van der Waals surface area contributed by atoms with Crippen LogP contribution in [0, 0.1) is 17.8 Å². The van der Waals surface area contributed by atoms with Gasteiger partial charge in [-0.15, -0.1) is 0 Å². The first-order chi connectivity index (χ1) is 17.8. The molecule has 0 aliphatic carbocycles. The van der Waals surface area contributed by atoms with E-state index in [9.17, 15) is 24.3 Å². The van der Waals surface area contributed by atoms with Gasteiger partial charge < -0.3 is 25.1 Å². The molecular formula is C29H45NO8. The highest BCUT2D eigenvalue weighted by Crippen LogP contribution is 2.35. The number of ether oxygens (including phenoxy) is 3. The molecule has 0 aliphatic heterocycles. The van der Waals surface area contributed by atoms with E-state index in [1.807, 2.05) is 27.7 Å². The molecule has 5 atom stereocenters. The Balaban J connectivity index is 3.38. The number of hydrogen-bond acceptors (Lipinski definition) is 8. The molecule has 0 spiro atoms. The summed E-state index contributed by atoms with van der Waals surface area (Å²) in [6.45, 7) is 12.9. The Kier molecular flexibility index (Phi) is 14.0. The number of rotatable bonds is 16. The van der Waals surface area contributed by atoms with Crippen LogP contribution in [0.1, 0.15) is 98.5 Å². The zero-order valence-corrected chi connectivity index (χ0v) is 23.8. The summed E-state index contributed by atoms with van der Waals surface area (Å²) in [5.74, 6) is -3.86. The molecule has 1 aromatic rings. The fourth-order valence-electron chi connectivity index (χ4n) is 4.11. The van der Waals surface area contributed by atoms with Crippen LogP contribution >= 0.6 is 0 Å². The van der Waals surface area contributed by atoms with Crippen molar-refractivity contribution in [2.45, 2.75) is 105 Å². The molecule has 1 rings (SSSR count). The Morgan fingerprint density at radius 2 is 1.39 bits per heavy atom. The molecule has 3 N–H and O–H groups in total. The number of carboxylic acid groups (broad SMARTS) is 1. The predicted molar refractivity (Wildman–Crippen MR) is 144 cm³/mol. The van der Waals surface area contributed by atoms with E-state index < -0.39 is 36.0 Å². The standard InChI is InChI=1S/C29H45NO8/c1-8-10-18(5)28(34)37-23-13-12-21(16-24(23)38-29(35)19(6)11-9-2)22(26(30)27(32)33)15-20(7)36-25(31)14-17(3)4/h12-13,16-20,22,26H,8-11,14-15,30H2,1-7H3,(H,32,33)/t18?,19?,20?,22?,26-/m0/s1. The molecule has 0 saturated heterocycles. The van der Waals surface area contributed by atoms with Crippen LogP contribution in [0.3, 0.4) is 0 Å². The number of aliphatic carboxylic acids is 1. The average Bonchev–Trinajstić information content (AvgIpc) is 2.82.